The Kier molecular flexibility index (Phi) is 5.18. The van der Waals surface area contributed by atoms with Crippen molar-refractivity contribution in [2.24, 2.45) is 0 Å². The van der Waals surface area contributed by atoms with Crippen molar-refractivity contribution in [3.05, 3.63) is 59.8 Å². The lowest BCUT2D eigenvalue weighted by molar-refractivity contribution is 0.0766. The van der Waals surface area contributed by atoms with Crippen LogP contribution < -0.4 is 4.74 Å². The fraction of sp³-hybridized carbons (Fsp3) is 0.333. The number of benzene rings is 1. The van der Waals surface area contributed by atoms with Crippen molar-refractivity contribution in [2.45, 2.75) is 11.7 Å². The van der Waals surface area contributed by atoms with Gasteiger partial charge in [-0.05, 0) is 18.1 Å². The van der Waals surface area contributed by atoms with Crippen molar-refractivity contribution in [1.82, 2.24) is 9.88 Å². The van der Waals surface area contributed by atoms with E-state index in [1.165, 1.54) is 5.56 Å². The molecule has 0 spiro atoms. The first-order valence-corrected chi connectivity index (χ1v) is 8.78. The molecule has 5 heteroatoms. The van der Waals surface area contributed by atoms with Crippen LogP contribution in [0, 0.1) is 0 Å². The van der Waals surface area contributed by atoms with Crippen molar-refractivity contribution in [2.75, 3.05) is 26.0 Å². The molecule has 0 N–H and O–H groups in total. The number of hydrogen-bond acceptors (Lipinski definition) is 4. The summed E-state index contributed by atoms with van der Waals surface area (Å²) in [6, 6.07) is 14.0. The number of thioether (sulfide) groups is 1. The first-order chi connectivity index (χ1) is 11.3. The van der Waals surface area contributed by atoms with Crippen LogP contribution in [0.2, 0.25) is 0 Å². The predicted octanol–water partition coefficient (Wildman–Crippen LogP) is 3.41. The van der Waals surface area contributed by atoms with Gasteiger partial charge in [0.05, 0.1) is 12.7 Å². The molecule has 2 aromatic rings. The normalized spacial score (nSPS) is 18.3. The summed E-state index contributed by atoms with van der Waals surface area (Å²) in [7, 11) is 1.57. The number of carbonyl (C=O) groups is 1. The van der Waals surface area contributed by atoms with E-state index in [0.29, 0.717) is 16.7 Å². The minimum absolute atomic E-state index is 0.0504. The molecule has 1 aliphatic rings. The number of hydrogen-bond donors (Lipinski definition) is 0. The number of carbonyl (C=O) groups excluding carboxylic acids is 1. The van der Waals surface area contributed by atoms with E-state index in [1.54, 1.807) is 25.4 Å². The van der Waals surface area contributed by atoms with E-state index < -0.39 is 0 Å². The second-order valence-corrected chi connectivity index (χ2v) is 6.75. The van der Waals surface area contributed by atoms with Crippen LogP contribution in [0.1, 0.15) is 27.6 Å². The number of ether oxygens (including phenoxy) is 1. The third-order valence-corrected chi connectivity index (χ3v) is 5.32. The van der Waals surface area contributed by atoms with Gasteiger partial charge in [-0.3, -0.25) is 4.79 Å². The summed E-state index contributed by atoms with van der Waals surface area (Å²) >= 11 is 1.93. The minimum Gasteiger partial charge on any atom is -0.481 e. The summed E-state index contributed by atoms with van der Waals surface area (Å²) in [4.78, 5) is 18.7. The lowest BCUT2D eigenvalue weighted by Gasteiger charge is -2.20. The Morgan fingerprint density at radius 2 is 2.04 bits per heavy atom. The molecule has 1 fully saturated rings. The van der Waals surface area contributed by atoms with Gasteiger partial charge in [-0.2, -0.15) is 11.8 Å². The molecule has 23 heavy (non-hydrogen) atoms. The molecule has 1 unspecified atom stereocenters. The van der Waals surface area contributed by atoms with Crippen LogP contribution in [0.4, 0.5) is 0 Å². The standard InChI is InChI=1S/C18H20N2O2S/c1-22-17-8-7-15(13-19-17)18(21)20-10-9-16(23-12-11-20)14-5-3-2-4-6-14/h2-8,13,16H,9-12H2,1H3. The van der Waals surface area contributed by atoms with Crippen molar-refractivity contribution in [3.8, 4) is 5.88 Å². The summed E-state index contributed by atoms with van der Waals surface area (Å²) in [5.74, 6) is 1.53. The van der Waals surface area contributed by atoms with Crippen LogP contribution in [0.15, 0.2) is 48.7 Å². The Labute approximate surface area is 140 Å². The Hall–Kier alpha value is -2.01. The Morgan fingerprint density at radius 3 is 2.74 bits per heavy atom. The monoisotopic (exact) mass is 328 g/mol. The van der Waals surface area contributed by atoms with Crippen LogP contribution in [-0.2, 0) is 0 Å². The second-order valence-electron chi connectivity index (χ2n) is 5.44. The minimum atomic E-state index is 0.0504. The van der Waals surface area contributed by atoms with Crippen molar-refractivity contribution < 1.29 is 9.53 Å². The fourth-order valence-corrected chi connectivity index (χ4v) is 3.95. The zero-order valence-electron chi connectivity index (χ0n) is 13.1. The van der Waals surface area contributed by atoms with E-state index in [2.05, 4.69) is 29.2 Å². The van der Waals surface area contributed by atoms with E-state index in [4.69, 9.17) is 4.74 Å². The lowest BCUT2D eigenvalue weighted by Crippen LogP contribution is -2.33. The zero-order valence-corrected chi connectivity index (χ0v) is 14.0. The van der Waals surface area contributed by atoms with Gasteiger partial charge in [0.15, 0.2) is 0 Å². The van der Waals surface area contributed by atoms with E-state index in [0.717, 1.165) is 25.3 Å². The van der Waals surface area contributed by atoms with E-state index in [9.17, 15) is 4.79 Å². The van der Waals surface area contributed by atoms with Gasteiger partial charge in [0, 0.05) is 36.4 Å². The Bertz CT molecular complexity index is 646. The van der Waals surface area contributed by atoms with Gasteiger partial charge < -0.3 is 9.64 Å². The van der Waals surface area contributed by atoms with Gasteiger partial charge in [-0.1, -0.05) is 30.3 Å². The summed E-state index contributed by atoms with van der Waals surface area (Å²) in [6.45, 7) is 1.55. The van der Waals surface area contributed by atoms with Gasteiger partial charge in [0.25, 0.3) is 5.91 Å². The van der Waals surface area contributed by atoms with E-state index in [-0.39, 0.29) is 5.91 Å². The number of methoxy groups -OCH3 is 1. The largest absolute Gasteiger partial charge is 0.481 e. The first-order valence-electron chi connectivity index (χ1n) is 7.74. The maximum atomic E-state index is 12.6. The molecule has 120 valence electrons. The average Bonchev–Trinajstić information content (AvgIpc) is 2.88. The van der Waals surface area contributed by atoms with Crippen molar-refractivity contribution in [1.29, 1.82) is 0 Å². The van der Waals surface area contributed by atoms with Crippen LogP contribution in [-0.4, -0.2) is 41.7 Å². The number of amides is 1. The Morgan fingerprint density at radius 1 is 1.22 bits per heavy atom. The average molecular weight is 328 g/mol. The van der Waals surface area contributed by atoms with Gasteiger partial charge in [-0.15, -0.1) is 0 Å². The smallest absolute Gasteiger partial charge is 0.255 e. The molecule has 0 radical (unpaired) electrons. The maximum absolute atomic E-state index is 12.6. The molecule has 1 aromatic carbocycles. The highest BCUT2D eigenvalue weighted by Gasteiger charge is 2.23. The molecule has 2 heterocycles. The first kappa shape index (κ1) is 15.9. The summed E-state index contributed by atoms with van der Waals surface area (Å²) in [5, 5.41) is 0.461. The molecule has 1 atom stereocenters. The SMILES string of the molecule is COc1ccc(C(=O)N2CCSC(c3ccccc3)CC2)cn1. The molecule has 0 bridgehead atoms. The molecule has 4 nitrogen and oxygen atoms in total. The zero-order chi connectivity index (χ0) is 16.1. The van der Waals surface area contributed by atoms with Crippen LogP contribution in [0.25, 0.3) is 0 Å². The van der Waals surface area contributed by atoms with Crippen LogP contribution >= 0.6 is 11.8 Å². The highest BCUT2D eigenvalue weighted by Crippen LogP contribution is 2.34. The number of pyridine rings is 1. The third kappa shape index (κ3) is 3.85. The predicted molar refractivity (Wildman–Crippen MR) is 93.0 cm³/mol. The topological polar surface area (TPSA) is 42.4 Å². The van der Waals surface area contributed by atoms with Crippen molar-refractivity contribution in [3.63, 3.8) is 0 Å². The maximum Gasteiger partial charge on any atom is 0.255 e. The number of nitrogens with zero attached hydrogens (tertiary/aromatic N) is 2. The second kappa shape index (κ2) is 7.51. The molecule has 1 aromatic heterocycles. The third-order valence-electron chi connectivity index (χ3n) is 3.99. The summed E-state index contributed by atoms with van der Waals surface area (Å²) in [6.07, 6.45) is 2.57. The fourth-order valence-electron chi connectivity index (χ4n) is 2.72. The summed E-state index contributed by atoms with van der Waals surface area (Å²) in [5.41, 5.74) is 1.96. The van der Waals surface area contributed by atoms with Crippen LogP contribution in [0.3, 0.4) is 0 Å². The molecule has 1 saturated heterocycles. The molecule has 0 saturated carbocycles. The van der Waals surface area contributed by atoms with Gasteiger partial charge in [-0.25, -0.2) is 4.98 Å². The molecule has 0 aliphatic carbocycles. The van der Waals surface area contributed by atoms with Crippen LogP contribution in [0.5, 0.6) is 5.88 Å². The molecule has 3 rings (SSSR count). The highest BCUT2D eigenvalue weighted by molar-refractivity contribution is 7.99. The van der Waals surface area contributed by atoms with Gasteiger partial charge in [0.1, 0.15) is 0 Å². The number of aromatic nitrogens is 1. The lowest BCUT2D eigenvalue weighted by atomic mass is 10.1. The molecule has 1 amide bonds. The van der Waals surface area contributed by atoms with Crippen molar-refractivity contribution >= 4 is 17.7 Å². The summed E-state index contributed by atoms with van der Waals surface area (Å²) < 4.78 is 5.04. The number of rotatable bonds is 3. The quantitative estimate of drug-likeness (QED) is 0.866. The highest BCUT2D eigenvalue weighted by atomic mass is 32.2. The molecule has 1 aliphatic heterocycles. The molecular formula is C18H20N2O2S. The van der Waals surface area contributed by atoms with E-state index >= 15 is 0 Å². The van der Waals surface area contributed by atoms with E-state index in [1.807, 2.05) is 22.7 Å². The van der Waals surface area contributed by atoms with Gasteiger partial charge >= 0.3 is 0 Å². The van der Waals surface area contributed by atoms with Gasteiger partial charge in [0.2, 0.25) is 5.88 Å². The molecular weight excluding hydrogens is 308 g/mol. The Balaban J connectivity index is 1.66.